The van der Waals surface area contributed by atoms with Gasteiger partial charge in [-0.1, -0.05) is 32.8 Å². The minimum atomic E-state index is -2.59. The maximum absolute atomic E-state index is 12.6. The highest BCUT2D eigenvalue weighted by molar-refractivity contribution is 4.93. The molecule has 0 aromatic heterocycles. The maximum Gasteiger partial charge on any atom is 0.266 e. The van der Waals surface area contributed by atoms with Crippen LogP contribution >= 0.6 is 0 Å². The highest BCUT2D eigenvalue weighted by Crippen LogP contribution is 2.19. The molecule has 72 valence electrons. The van der Waals surface area contributed by atoms with Crippen molar-refractivity contribution in [1.82, 2.24) is 0 Å². The Balaban J connectivity index is 3.47. The number of allylic oxidation sites excluding steroid dienone is 2. The van der Waals surface area contributed by atoms with Crippen LogP contribution in [0.1, 0.15) is 46.0 Å². The average molecular weight is 176 g/mol. The Bertz CT molecular complexity index is 128. The molecule has 0 amide bonds. The third-order valence-electron chi connectivity index (χ3n) is 1.81. The van der Waals surface area contributed by atoms with Gasteiger partial charge in [-0.2, -0.15) is 0 Å². The van der Waals surface area contributed by atoms with Crippen LogP contribution in [0.5, 0.6) is 0 Å². The normalized spacial score (nSPS) is 12.7. The molecule has 0 fully saturated rings. The Kier molecular flexibility index (Phi) is 5.95. The zero-order valence-electron chi connectivity index (χ0n) is 7.95. The van der Waals surface area contributed by atoms with Gasteiger partial charge in [0.2, 0.25) is 0 Å². The lowest BCUT2D eigenvalue weighted by Gasteiger charge is -2.06. The first-order chi connectivity index (χ1) is 5.62. The molecule has 12 heavy (non-hydrogen) atoms. The molecular weight excluding hydrogens is 158 g/mol. The summed E-state index contributed by atoms with van der Waals surface area (Å²) in [6.07, 6.45) is 6.59. The van der Waals surface area contributed by atoms with Gasteiger partial charge in [-0.05, 0) is 18.9 Å². The first-order valence-corrected chi connectivity index (χ1v) is 4.68. The minimum absolute atomic E-state index is 0.0999. The van der Waals surface area contributed by atoms with Gasteiger partial charge in [0, 0.05) is 6.42 Å². The maximum atomic E-state index is 12.6. The van der Waals surface area contributed by atoms with Crippen molar-refractivity contribution in [2.24, 2.45) is 0 Å². The molecule has 0 nitrogen and oxygen atoms in total. The summed E-state index contributed by atoms with van der Waals surface area (Å²) in [5.41, 5.74) is 0. The summed E-state index contributed by atoms with van der Waals surface area (Å²) in [5, 5.41) is 0. The quantitative estimate of drug-likeness (QED) is 0.421. The van der Waals surface area contributed by atoms with Crippen molar-refractivity contribution < 1.29 is 8.78 Å². The predicted molar refractivity (Wildman–Crippen MR) is 48.5 cm³/mol. The molecule has 0 heterocycles. The smallest absolute Gasteiger partial charge is 0.202 e. The van der Waals surface area contributed by atoms with E-state index in [-0.39, 0.29) is 6.42 Å². The molecule has 0 atom stereocenters. The van der Waals surface area contributed by atoms with Crippen LogP contribution in [0.2, 0.25) is 0 Å². The standard InChI is InChI=1S/C10H18F2/c1-3-5-6-7-8-9-10(11,12)4-2/h8-9H,3-7H2,1-2H3/b9-8-. The molecule has 0 spiro atoms. The van der Waals surface area contributed by atoms with Crippen LogP contribution in [-0.4, -0.2) is 5.92 Å². The average Bonchev–Trinajstić information content (AvgIpc) is 2.04. The molecule has 0 saturated heterocycles. The molecule has 0 aliphatic heterocycles. The Morgan fingerprint density at radius 2 is 1.83 bits per heavy atom. The summed E-state index contributed by atoms with van der Waals surface area (Å²) in [6, 6.07) is 0. The lowest BCUT2D eigenvalue weighted by atomic mass is 10.1. The van der Waals surface area contributed by atoms with E-state index in [2.05, 4.69) is 6.92 Å². The topological polar surface area (TPSA) is 0 Å². The molecule has 0 radical (unpaired) electrons. The third-order valence-corrected chi connectivity index (χ3v) is 1.81. The number of hydrogen-bond acceptors (Lipinski definition) is 0. The molecular formula is C10H18F2. The fourth-order valence-electron chi connectivity index (χ4n) is 0.886. The van der Waals surface area contributed by atoms with Crippen LogP contribution < -0.4 is 0 Å². The SMILES string of the molecule is CCCCC/C=C\C(F)(F)CC. The Morgan fingerprint density at radius 3 is 2.33 bits per heavy atom. The lowest BCUT2D eigenvalue weighted by Crippen LogP contribution is -2.08. The first-order valence-electron chi connectivity index (χ1n) is 4.68. The fraction of sp³-hybridized carbons (Fsp3) is 0.800. The van der Waals surface area contributed by atoms with Gasteiger partial charge < -0.3 is 0 Å². The van der Waals surface area contributed by atoms with E-state index in [1.807, 2.05) is 0 Å². The Labute approximate surface area is 73.7 Å². The van der Waals surface area contributed by atoms with Crippen LogP contribution in [0.3, 0.4) is 0 Å². The molecule has 0 aliphatic carbocycles. The van der Waals surface area contributed by atoms with Crippen molar-refractivity contribution in [3.63, 3.8) is 0 Å². The highest BCUT2D eigenvalue weighted by atomic mass is 19.3. The summed E-state index contributed by atoms with van der Waals surface area (Å²) >= 11 is 0. The Morgan fingerprint density at radius 1 is 1.17 bits per heavy atom. The lowest BCUT2D eigenvalue weighted by molar-refractivity contribution is 0.0508. The molecule has 0 unspecified atom stereocenters. The van der Waals surface area contributed by atoms with Crippen molar-refractivity contribution in [2.45, 2.75) is 51.9 Å². The van der Waals surface area contributed by atoms with Crippen LogP contribution in [0.15, 0.2) is 12.2 Å². The number of unbranched alkanes of at least 4 members (excludes halogenated alkanes) is 3. The molecule has 0 rings (SSSR count). The van der Waals surface area contributed by atoms with E-state index >= 15 is 0 Å². The summed E-state index contributed by atoms with van der Waals surface area (Å²) in [5.74, 6) is -2.59. The van der Waals surface area contributed by atoms with Crippen molar-refractivity contribution in [1.29, 1.82) is 0 Å². The van der Waals surface area contributed by atoms with E-state index in [1.165, 1.54) is 6.92 Å². The summed E-state index contributed by atoms with van der Waals surface area (Å²) < 4.78 is 25.2. The number of hydrogen-bond donors (Lipinski definition) is 0. The molecule has 0 saturated carbocycles. The zero-order valence-corrected chi connectivity index (χ0v) is 7.95. The molecule has 0 aromatic rings. The van der Waals surface area contributed by atoms with Crippen molar-refractivity contribution in [3.8, 4) is 0 Å². The van der Waals surface area contributed by atoms with E-state index in [4.69, 9.17) is 0 Å². The number of rotatable bonds is 6. The Hall–Kier alpha value is -0.400. The molecule has 0 N–H and O–H groups in total. The zero-order chi connectivity index (χ0) is 9.45. The van der Waals surface area contributed by atoms with Crippen LogP contribution in [0.25, 0.3) is 0 Å². The molecule has 0 aromatic carbocycles. The minimum Gasteiger partial charge on any atom is -0.202 e. The first kappa shape index (κ1) is 11.6. The second-order valence-electron chi connectivity index (χ2n) is 3.01. The fourth-order valence-corrected chi connectivity index (χ4v) is 0.886. The van der Waals surface area contributed by atoms with E-state index in [1.54, 1.807) is 6.08 Å². The van der Waals surface area contributed by atoms with Gasteiger partial charge in [-0.15, -0.1) is 0 Å². The van der Waals surface area contributed by atoms with E-state index in [0.717, 1.165) is 31.8 Å². The second-order valence-corrected chi connectivity index (χ2v) is 3.01. The van der Waals surface area contributed by atoms with Crippen LogP contribution in [-0.2, 0) is 0 Å². The van der Waals surface area contributed by atoms with Crippen molar-refractivity contribution in [2.75, 3.05) is 0 Å². The van der Waals surface area contributed by atoms with Gasteiger partial charge in [0.05, 0.1) is 0 Å². The molecule has 2 heteroatoms. The van der Waals surface area contributed by atoms with Gasteiger partial charge in [0.15, 0.2) is 0 Å². The number of alkyl halides is 2. The van der Waals surface area contributed by atoms with Gasteiger partial charge in [0.25, 0.3) is 5.92 Å². The van der Waals surface area contributed by atoms with E-state index < -0.39 is 5.92 Å². The molecule has 0 bridgehead atoms. The summed E-state index contributed by atoms with van der Waals surface area (Å²) in [4.78, 5) is 0. The van der Waals surface area contributed by atoms with Gasteiger partial charge in [-0.3, -0.25) is 0 Å². The van der Waals surface area contributed by atoms with Crippen LogP contribution in [0.4, 0.5) is 8.78 Å². The monoisotopic (exact) mass is 176 g/mol. The van der Waals surface area contributed by atoms with Crippen LogP contribution in [0, 0.1) is 0 Å². The number of halogens is 2. The second kappa shape index (κ2) is 6.15. The van der Waals surface area contributed by atoms with Crippen molar-refractivity contribution >= 4 is 0 Å². The predicted octanol–water partition coefficient (Wildman–Crippen LogP) is 4.17. The van der Waals surface area contributed by atoms with Crippen molar-refractivity contribution in [3.05, 3.63) is 12.2 Å². The van der Waals surface area contributed by atoms with Gasteiger partial charge >= 0.3 is 0 Å². The van der Waals surface area contributed by atoms with Gasteiger partial charge in [0.1, 0.15) is 0 Å². The largest absolute Gasteiger partial charge is 0.266 e. The van der Waals surface area contributed by atoms with E-state index in [0.29, 0.717) is 0 Å². The summed E-state index contributed by atoms with van der Waals surface area (Å²) in [6.45, 7) is 3.60. The molecule has 0 aliphatic rings. The third kappa shape index (κ3) is 6.32. The summed E-state index contributed by atoms with van der Waals surface area (Å²) in [7, 11) is 0. The van der Waals surface area contributed by atoms with Gasteiger partial charge in [-0.25, -0.2) is 8.78 Å². The highest BCUT2D eigenvalue weighted by Gasteiger charge is 2.20. The van der Waals surface area contributed by atoms with E-state index in [9.17, 15) is 8.78 Å².